The molecule has 0 spiro atoms. The van der Waals surface area contributed by atoms with Gasteiger partial charge < -0.3 is 10.1 Å². The molecule has 1 fully saturated rings. The van der Waals surface area contributed by atoms with Gasteiger partial charge in [0.25, 0.3) is 0 Å². The Morgan fingerprint density at radius 2 is 2.35 bits per heavy atom. The predicted molar refractivity (Wildman–Crippen MR) is 65.4 cm³/mol. The largest absolute Gasteiger partial charge is 0.383 e. The third-order valence-electron chi connectivity index (χ3n) is 2.38. The minimum Gasteiger partial charge on any atom is -0.383 e. The molecule has 1 aromatic rings. The minimum absolute atomic E-state index is 0.0316. The Kier molecular flexibility index (Phi) is 3.90. The van der Waals surface area contributed by atoms with Crippen LogP contribution in [0.25, 0.3) is 0 Å². The number of nitrogens with one attached hydrogen (secondary N) is 2. The SMILES string of the molecule is COC[C@@H](C)NC(=O)Nc1nnc(C2CC2)s1. The topological polar surface area (TPSA) is 76.1 Å². The highest BCUT2D eigenvalue weighted by atomic mass is 32.1. The summed E-state index contributed by atoms with van der Waals surface area (Å²) in [5, 5.41) is 15.0. The lowest BCUT2D eigenvalue weighted by Crippen LogP contribution is -2.38. The van der Waals surface area contributed by atoms with Crippen LogP contribution in [0, 0.1) is 0 Å². The zero-order valence-corrected chi connectivity index (χ0v) is 10.7. The fourth-order valence-corrected chi connectivity index (χ4v) is 2.34. The molecule has 1 heterocycles. The van der Waals surface area contributed by atoms with Crippen molar-refractivity contribution < 1.29 is 9.53 Å². The number of anilines is 1. The van der Waals surface area contributed by atoms with Crippen molar-refractivity contribution in [2.75, 3.05) is 19.0 Å². The summed E-state index contributed by atoms with van der Waals surface area (Å²) in [7, 11) is 1.60. The Labute approximate surface area is 104 Å². The van der Waals surface area contributed by atoms with Crippen LogP contribution in [-0.4, -0.2) is 36.0 Å². The first-order chi connectivity index (χ1) is 8.19. The van der Waals surface area contributed by atoms with Crippen molar-refractivity contribution in [2.45, 2.75) is 31.7 Å². The number of carbonyl (C=O) groups excluding carboxylic acids is 1. The van der Waals surface area contributed by atoms with Gasteiger partial charge in [-0.05, 0) is 19.8 Å². The van der Waals surface area contributed by atoms with E-state index >= 15 is 0 Å². The summed E-state index contributed by atoms with van der Waals surface area (Å²) in [6.07, 6.45) is 2.37. The monoisotopic (exact) mass is 256 g/mol. The molecule has 0 unspecified atom stereocenters. The van der Waals surface area contributed by atoms with Gasteiger partial charge in [-0.3, -0.25) is 5.32 Å². The molecule has 17 heavy (non-hydrogen) atoms. The van der Waals surface area contributed by atoms with E-state index in [9.17, 15) is 4.79 Å². The van der Waals surface area contributed by atoms with Crippen molar-refractivity contribution in [3.05, 3.63) is 5.01 Å². The van der Waals surface area contributed by atoms with E-state index in [4.69, 9.17) is 4.74 Å². The molecule has 2 N–H and O–H groups in total. The molecule has 0 radical (unpaired) electrons. The van der Waals surface area contributed by atoms with E-state index in [1.165, 1.54) is 24.2 Å². The zero-order chi connectivity index (χ0) is 12.3. The summed E-state index contributed by atoms with van der Waals surface area (Å²) in [6.45, 7) is 2.36. The first-order valence-corrected chi connectivity index (χ1v) is 6.40. The smallest absolute Gasteiger partial charge is 0.321 e. The molecular weight excluding hydrogens is 240 g/mol. The number of hydrogen-bond donors (Lipinski definition) is 2. The van der Waals surface area contributed by atoms with Crippen molar-refractivity contribution in [2.24, 2.45) is 0 Å². The van der Waals surface area contributed by atoms with Crippen LogP contribution in [0.5, 0.6) is 0 Å². The van der Waals surface area contributed by atoms with Crippen LogP contribution in [0.2, 0.25) is 0 Å². The molecule has 94 valence electrons. The number of hydrogen-bond acceptors (Lipinski definition) is 5. The first kappa shape index (κ1) is 12.3. The fourth-order valence-electron chi connectivity index (χ4n) is 1.43. The average molecular weight is 256 g/mol. The highest BCUT2D eigenvalue weighted by molar-refractivity contribution is 7.15. The van der Waals surface area contributed by atoms with Crippen LogP contribution in [0.4, 0.5) is 9.93 Å². The molecule has 1 saturated carbocycles. The summed E-state index contributed by atoms with van der Waals surface area (Å²) in [6, 6.07) is -0.302. The minimum atomic E-state index is -0.270. The van der Waals surface area contributed by atoms with E-state index in [0.717, 1.165) is 5.01 Å². The van der Waals surface area contributed by atoms with Crippen LogP contribution in [0.1, 0.15) is 30.7 Å². The molecule has 1 aromatic heterocycles. The number of nitrogens with zero attached hydrogens (tertiary/aromatic N) is 2. The van der Waals surface area contributed by atoms with E-state index < -0.39 is 0 Å². The number of ether oxygens (including phenoxy) is 1. The van der Waals surface area contributed by atoms with Gasteiger partial charge in [0, 0.05) is 13.0 Å². The van der Waals surface area contributed by atoms with Crippen molar-refractivity contribution in [3.8, 4) is 0 Å². The van der Waals surface area contributed by atoms with Crippen LogP contribution < -0.4 is 10.6 Å². The van der Waals surface area contributed by atoms with E-state index in [1.54, 1.807) is 7.11 Å². The maximum atomic E-state index is 11.6. The maximum Gasteiger partial charge on any atom is 0.321 e. The van der Waals surface area contributed by atoms with Gasteiger partial charge in [0.2, 0.25) is 5.13 Å². The zero-order valence-electron chi connectivity index (χ0n) is 9.90. The average Bonchev–Trinajstić information content (AvgIpc) is 3.01. The van der Waals surface area contributed by atoms with Crippen molar-refractivity contribution >= 4 is 22.5 Å². The van der Waals surface area contributed by atoms with Crippen LogP contribution in [0.15, 0.2) is 0 Å². The summed E-state index contributed by atoms with van der Waals surface area (Å²) in [4.78, 5) is 11.6. The summed E-state index contributed by atoms with van der Waals surface area (Å²) >= 11 is 1.45. The molecular formula is C10H16N4O2S. The third kappa shape index (κ3) is 3.64. The number of carbonyl (C=O) groups is 1. The molecule has 1 aliphatic carbocycles. The lowest BCUT2D eigenvalue weighted by molar-refractivity contribution is 0.173. The van der Waals surface area contributed by atoms with Gasteiger partial charge >= 0.3 is 6.03 Å². The second-order valence-electron chi connectivity index (χ2n) is 4.17. The van der Waals surface area contributed by atoms with Crippen LogP contribution >= 0.6 is 11.3 Å². The lowest BCUT2D eigenvalue weighted by atomic mass is 10.4. The lowest BCUT2D eigenvalue weighted by Gasteiger charge is -2.11. The summed E-state index contributed by atoms with van der Waals surface area (Å²) in [5.41, 5.74) is 0. The van der Waals surface area contributed by atoms with Gasteiger partial charge in [-0.15, -0.1) is 10.2 Å². The Balaban J connectivity index is 1.80. The standard InChI is InChI=1S/C10H16N4O2S/c1-6(5-16-2)11-9(15)12-10-14-13-8(17-10)7-3-4-7/h6-7H,3-5H2,1-2H3,(H2,11,12,14,15)/t6-/m1/s1. The van der Waals surface area contributed by atoms with Gasteiger partial charge in [0.05, 0.1) is 12.6 Å². The van der Waals surface area contributed by atoms with E-state index in [0.29, 0.717) is 17.7 Å². The highest BCUT2D eigenvalue weighted by Crippen LogP contribution is 2.41. The molecule has 1 aliphatic rings. The van der Waals surface area contributed by atoms with Gasteiger partial charge in [-0.1, -0.05) is 11.3 Å². The molecule has 2 rings (SSSR count). The van der Waals surface area contributed by atoms with Crippen LogP contribution in [0.3, 0.4) is 0 Å². The number of methoxy groups -OCH3 is 1. The van der Waals surface area contributed by atoms with E-state index in [-0.39, 0.29) is 12.1 Å². The number of aromatic nitrogens is 2. The van der Waals surface area contributed by atoms with Crippen molar-refractivity contribution in [3.63, 3.8) is 0 Å². The Morgan fingerprint density at radius 3 is 3.00 bits per heavy atom. The Morgan fingerprint density at radius 1 is 1.59 bits per heavy atom. The first-order valence-electron chi connectivity index (χ1n) is 5.59. The Hall–Kier alpha value is -1.21. The van der Waals surface area contributed by atoms with E-state index in [2.05, 4.69) is 20.8 Å². The van der Waals surface area contributed by atoms with Crippen molar-refractivity contribution in [1.82, 2.24) is 15.5 Å². The third-order valence-corrected chi connectivity index (χ3v) is 3.38. The summed E-state index contributed by atoms with van der Waals surface area (Å²) in [5.74, 6) is 0.568. The van der Waals surface area contributed by atoms with Gasteiger partial charge in [0.1, 0.15) is 5.01 Å². The number of amides is 2. The molecule has 1 atom stereocenters. The van der Waals surface area contributed by atoms with Gasteiger partial charge in [-0.2, -0.15) is 0 Å². The van der Waals surface area contributed by atoms with Crippen LogP contribution in [-0.2, 0) is 4.74 Å². The molecule has 6 nitrogen and oxygen atoms in total. The molecule has 0 aliphatic heterocycles. The second kappa shape index (κ2) is 5.42. The molecule has 0 saturated heterocycles. The van der Waals surface area contributed by atoms with Gasteiger partial charge in [-0.25, -0.2) is 4.79 Å². The molecule has 7 heteroatoms. The van der Waals surface area contributed by atoms with E-state index in [1.807, 2.05) is 6.92 Å². The quantitative estimate of drug-likeness (QED) is 0.838. The molecule has 0 aromatic carbocycles. The molecule has 2 amide bonds. The fraction of sp³-hybridized carbons (Fsp3) is 0.700. The number of rotatable bonds is 5. The number of urea groups is 1. The molecule has 0 bridgehead atoms. The second-order valence-corrected chi connectivity index (χ2v) is 5.18. The van der Waals surface area contributed by atoms with Crippen molar-refractivity contribution in [1.29, 1.82) is 0 Å². The maximum absolute atomic E-state index is 11.6. The highest BCUT2D eigenvalue weighted by Gasteiger charge is 2.27. The Bertz CT molecular complexity index is 391. The summed E-state index contributed by atoms with van der Waals surface area (Å²) < 4.78 is 4.93. The predicted octanol–water partition coefficient (Wildman–Crippen LogP) is 1.57. The normalized spacial score (nSPS) is 16.6. The van der Waals surface area contributed by atoms with Gasteiger partial charge in [0.15, 0.2) is 0 Å².